The first kappa shape index (κ1) is 9.70. The molecule has 0 unspecified atom stereocenters. The van der Waals surface area contributed by atoms with Gasteiger partial charge in [0.15, 0.2) is 0 Å². The Labute approximate surface area is 63.8 Å². The Hall–Kier alpha value is -0.300. The second-order valence-corrected chi connectivity index (χ2v) is 2.68. The maximum Gasteiger partial charge on any atom is 0.0468 e. The molecule has 0 fully saturated rings. The van der Waals surface area contributed by atoms with Crippen LogP contribution in [0.3, 0.4) is 0 Å². The molecule has 1 nitrogen and oxygen atoms in total. The second kappa shape index (κ2) is 6.81. The third kappa shape index (κ3) is 5.83. The molecular formula is C9H18O. The fourth-order valence-electron chi connectivity index (χ4n) is 0.908. The van der Waals surface area contributed by atoms with Crippen LogP contribution in [0.1, 0.15) is 39.0 Å². The molecule has 0 aromatic carbocycles. The molecule has 0 aliphatic heterocycles. The SMILES string of the molecule is C=C(CCO)CCCCC. The minimum Gasteiger partial charge on any atom is -0.396 e. The molecule has 0 aliphatic rings. The molecule has 10 heavy (non-hydrogen) atoms. The van der Waals surface area contributed by atoms with Crippen LogP contribution in [-0.4, -0.2) is 11.7 Å². The quantitative estimate of drug-likeness (QED) is 0.446. The summed E-state index contributed by atoms with van der Waals surface area (Å²) in [4.78, 5) is 0. The molecule has 0 saturated carbocycles. The van der Waals surface area contributed by atoms with Crippen molar-refractivity contribution >= 4 is 0 Å². The van der Waals surface area contributed by atoms with E-state index in [4.69, 9.17) is 5.11 Å². The van der Waals surface area contributed by atoms with Gasteiger partial charge in [0.2, 0.25) is 0 Å². The van der Waals surface area contributed by atoms with Crippen LogP contribution in [0.2, 0.25) is 0 Å². The number of aliphatic hydroxyl groups excluding tert-OH is 1. The first-order chi connectivity index (χ1) is 4.81. The zero-order valence-electron chi connectivity index (χ0n) is 6.90. The predicted molar refractivity (Wildman–Crippen MR) is 45.0 cm³/mol. The highest BCUT2D eigenvalue weighted by Gasteiger charge is 1.92. The molecule has 0 bridgehead atoms. The number of unbranched alkanes of at least 4 members (excludes halogenated alkanes) is 2. The minimum absolute atomic E-state index is 0.255. The van der Waals surface area contributed by atoms with Crippen LogP contribution < -0.4 is 0 Å². The van der Waals surface area contributed by atoms with Gasteiger partial charge in [0, 0.05) is 6.61 Å². The Morgan fingerprint density at radius 2 is 2.00 bits per heavy atom. The van der Waals surface area contributed by atoms with E-state index in [0.29, 0.717) is 0 Å². The first-order valence-electron chi connectivity index (χ1n) is 4.08. The summed E-state index contributed by atoms with van der Waals surface area (Å²) in [5.41, 5.74) is 1.19. The molecule has 60 valence electrons. The van der Waals surface area contributed by atoms with Crippen molar-refractivity contribution in [1.29, 1.82) is 0 Å². The molecular weight excluding hydrogens is 124 g/mol. The van der Waals surface area contributed by atoms with Crippen LogP contribution in [-0.2, 0) is 0 Å². The van der Waals surface area contributed by atoms with Gasteiger partial charge in [-0.15, -0.1) is 0 Å². The van der Waals surface area contributed by atoms with Crippen molar-refractivity contribution in [3.8, 4) is 0 Å². The van der Waals surface area contributed by atoms with Crippen molar-refractivity contribution in [3.05, 3.63) is 12.2 Å². The fraction of sp³-hybridized carbons (Fsp3) is 0.778. The molecule has 0 spiro atoms. The van der Waals surface area contributed by atoms with Crippen molar-refractivity contribution in [2.75, 3.05) is 6.61 Å². The lowest BCUT2D eigenvalue weighted by atomic mass is 10.1. The van der Waals surface area contributed by atoms with Gasteiger partial charge in [-0.05, 0) is 19.3 Å². The molecule has 0 rings (SSSR count). The van der Waals surface area contributed by atoms with Crippen molar-refractivity contribution < 1.29 is 5.11 Å². The van der Waals surface area contributed by atoms with Gasteiger partial charge in [0.1, 0.15) is 0 Å². The summed E-state index contributed by atoms with van der Waals surface area (Å²) < 4.78 is 0. The molecule has 0 radical (unpaired) electrons. The molecule has 0 atom stereocenters. The zero-order chi connectivity index (χ0) is 7.82. The van der Waals surface area contributed by atoms with Gasteiger partial charge in [0.25, 0.3) is 0 Å². The largest absolute Gasteiger partial charge is 0.396 e. The molecule has 0 aromatic heterocycles. The van der Waals surface area contributed by atoms with Gasteiger partial charge in [-0.3, -0.25) is 0 Å². The summed E-state index contributed by atoms with van der Waals surface area (Å²) in [6, 6.07) is 0. The van der Waals surface area contributed by atoms with Crippen molar-refractivity contribution in [1.82, 2.24) is 0 Å². The maximum absolute atomic E-state index is 8.53. The summed E-state index contributed by atoms with van der Waals surface area (Å²) in [5, 5.41) is 8.53. The second-order valence-electron chi connectivity index (χ2n) is 2.68. The van der Waals surface area contributed by atoms with E-state index in [1.165, 1.54) is 24.8 Å². The van der Waals surface area contributed by atoms with Crippen LogP contribution in [0.5, 0.6) is 0 Å². The average molecular weight is 142 g/mol. The van der Waals surface area contributed by atoms with Gasteiger partial charge in [-0.2, -0.15) is 0 Å². The summed E-state index contributed by atoms with van der Waals surface area (Å²) in [7, 11) is 0. The lowest BCUT2D eigenvalue weighted by molar-refractivity contribution is 0.297. The van der Waals surface area contributed by atoms with Gasteiger partial charge in [0.05, 0.1) is 0 Å². The highest BCUT2D eigenvalue weighted by atomic mass is 16.2. The van der Waals surface area contributed by atoms with Crippen molar-refractivity contribution in [3.63, 3.8) is 0 Å². The zero-order valence-corrected chi connectivity index (χ0v) is 6.90. The lowest BCUT2D eigenvalue weighted by Gasteiger charge is -2.01. The van der Waals surface area contributed by atoms with Gasteiger partial charge >= 0.3 is 0 Å². The summed E-state index contributed by atoms with van der Waals surface area (Å²) in [6.45, 7) is 6.30. The molecule has 0 heterocycles. The van der Waals surface area contributed by atoms with Crippen molar-refractivity contribution in [2.45, 2.75) is 39.0 Å². The Kier molecular flexibility index (Phi) is 6.61. The smallest absolute Gasteiger partial charge is 0.0468 e. The lowest BCUT2D eigenvalue weighted by Crippen LogP contribution is -1.87. The third-order valence-electron chi connectivity index (χ3n) is 1.60. The Bertz CT molecular complexity index is 86.7. The van der Waals surface area contributed by atoms with E-state index in [1.807, 2.05) is 0 Å². The molecule has 0 aliphatic carbocycles. The summed E-state index contributed by atoms with van der Waals surface area (Å²) in [6.07, 6.45) is 5.64. The summed E-state index contributed by atoms with van der Waals surface area (Å²) >= 11 is 0. The first-order valence-corrected chi connectivity index (χ1v) is 4.08. The third-order valence-corrected chi connectivity index (χ3v) is 1.60. The van der Waals surface area contributed by atoms with E-state index in [-0.39, 0.29) is 6.61 Å². The normalized spacial score (nSPS) is 9.80. The van der Waals surface area contributed by atoms with Crippen molar-refractivity contribution in [2.24, 2.45) is 0 Å². The Morgan fingerprint density at radius 1 is 1.30 bits per heavy atom. The van der Waals surface area contributed by atoms with Gasteiger partial charge in [-0.1, -0.05) is 31.9 Å². The van der Waals surface area contributed by atoms with Gasteiger partial charge < -0.3 is 5.11 Å². The van der Waals surface area contributed by atoms with E-state index < -0.39 is 0 Å². The number of hydrogen-bond acceptors (Lipinski definition) is 1. The van der Waals surface area contributed by atoms with Gasteiger partial charge in [-0.25, -0.2) is 0 Å². The molecule has 0 saturated heterocycles. The number of hydrogen-bond donors (Lipinski definition) is 1. The number of rotatable bonds is 6. The Morgan fingerprint density at radius 3 is 2.50 bits per heavy atom. The fourth-order valence-corrected chi connectivity index (χ4v) is 0.908. The predicted octanol–water partition coefficient (Wildman–Crippen LogP) is 2.51. The molecule has 0 amide bonds. The van der Waals surface area contributed by atoms with E-state index in [2.05, 4.69) is 13.5 Å². The average Bonchev–Trinajstić information content (AvgIpc) is 1.89. The minimum atomic E-state index is 0.255. The molecule has 1 heteroatoms. The van der Waals surface area contributed by atoms with Crippen LogP contribution in [0, 0.1) is 0 Å². The molecule has 1 N–H and O–H groups in total. The highest BCUT2D eigenvalue weighted by molar-refractivity contribution is 4.93. The van der Waals surface area contributed by atoms with Crippen LogP contribution in [0.15, 0.2) is 12.2 Å². The van der Waals surface area contributed by atoms with Crippen LogP contribution in [0.4, 0.5) is 0 Å². The molecule has 0 aromatic rings. The highest BCUT2D eigenvalue weighted by Crippen LogP contribution is 2.09. The standard InChI is InChI=1S/C9H18O/c1-3-4-5-6-9(2)7-8-10/h10H,2-8H2,1H3. The van der Waals surface area contributed by atoms with E-state index in [0.717, 1.165) is 12.8 Å². The maximum atomic E-state index is 8.53. The number of aliphatic hydroxyl groups is 1. The van der Waals surface area contributed by atoms with E-state index in [9.17, 15) is 0 Å². The van der Waals surface area contributed by atoms with Crippen LogP contribution in [0.25, 0.3) is 0 Å². The summed E-state index contributed by atoms with van der Waals surface area (Å²) in [5.74, 6) is 0. The topological polar surface area (TPSA) is 20.2 Å². The Balaban J connectivity index is 3.05. The van der Waals surface area contributed by atoms with Crippen LogP contribution >= 0.6 is 0 Å². The van der Waals surface area contributed by atoms with E-state index >= 15 is 0 Å². The van der Waals surface area contributed by atoms with E-state index in [1.54, 1.807) is 0 Å². The monoisotopic (exact) mass is 142 g/mol.